The highest BCUT2D eigenvalue weighted by Crippen LogP contribution is 2.49. The lowest BCUT2D eigenvalue weighted by Gasteiger charge is -2.41. The van der Waals surface area contributed by atoms with Crippen LogP contribution in [0.2, 0.25) is 0 Å². The number of aryl methyl sites for hydroxylation is 4. The zero-order chi connectivity index (χ0) is 42.3. The van der Waals surface area contributed by atoms with Crippen LogP contribution in [0, 0.1) is 27.7 Å². The summed E-state index contributed by atoms with van der Waals surface area (Å²) in [6.45, 7) is 8.66. The number of ether oxygens (including phenoxy) is 2. The van der Waals surface area contributed by atoms with Gasteiger partial charge in [0, 0.05) is 43.5 Å². The monoisotopic (exact) mass is 816 g/mol. The van der Waals surface area contributed by atoms with Gasteiger partial charge in [0.2, 0.25) is 0 Å². The number of fused-ring (bicyclic) bond motifs is 16. The van der Waals surface area contributed by atoms with E-state index in [9.17, 15) is 0 Å². The Labute approximate surface area is 371 Å². The van der Waals surface area contributed by atoms with Crippen LogP contribution < -0.4 is 42.3 Å². The fourth-order valence-corrected chi connectivity index (χ4v) is 12.2. The average Bonchev–Trinajstić information content (AvgIpc) is 3.81. The summed E-state index contributed by atoms with van der Waals surface area (Å²) in [6, 6.07) is 58.7. The standard InChI is InChI=1S/C58H38B2N2O2/c1-31-15-19-47-39(23-31)41-25-33(3)27-45-53(41)61(47)55-51-58(64-49-21-17-37(29-43(49)59(45)51)35-11-7-5-8-12-35)56-52-57(55)63-50-22-18-38(36-13-9-6-10-14-36)30-44(50)60(52)46-28-34(4)26-42-40-24-32(2)16-20-48(40)62(56)54(42)46/h5-30H,1-4H3. The molecule has 0 unspecified atom stereocenters. The maximum Gasteiger partial charge on any atom is 0.256 e. The Balaban J connectivity index is 1.16. The number of rotatable bonds is 2. The van der Waals surface area contributed by atoms with Crippen molar-refractivity contribution in [2.75, 3.05) is 0 Å². The molecule has 0 spiro atoms. The van der Waals surface area contributed by atoms with Crippen LogP contribution in [-0.4, -0.2) is 22.6 Å². The minimum atomic E-state index is -0.123. The molecule has 4 nitrogen and oxygen atoms in total. The minimum absolute atomic E-state index is 0.123. The molecule has 0 fully saturated rings. The van der Waals surface area contributed by atoms with Crippen LogP contribution in [0.3, 0.4) is 0 Å². The van der Waals surface area contributed by atoms with E-state index in [4.69, 9.17) is 9.47 Å². The first-order valence-electron chi connectivity index (χ1n) is 22.5. The summed E-state index contributed by atoms with van der Waals surface area (Å²) in [5.41, 5.74) is 24.0. The van der Waals surface area contributed by atoms with Crippen molar-refractivity contribution in [2.45, 2.75) is 27.7 Å². The van der Waals surface area contributed by atoms with E-state index in [-0.39, 0.29) is 13.4 Å². The Morgan fingerprint density at radius 3 is 1.22 bits per heavy atom. The van der Waals surface area contributed by atoms with E-state index in [1.54, 1.807) is 0 Å². The molecule has 0 bridgehead atoms. The van der Waals surface area contributed by atoms with E-state index in [1.807, 2.05) is 0 Å². The molecule has 6 heteroatoms. The number of hydrogen-bond donors (Lipinski definition) is 0. The second-order valence-electron chi connectivity index (χ2n) is 18.7. The van der Waals surface area contributed by atoms with Gasteiger partial charge in [0.15, 0.2) is 0 Å². The molecule has 4 aliphatic rings. The number of hydrogen-bond acceptors (Lipinski definition) is 2. The van der Waals surface area contributed by atoms with Gasteiger partial charge in [-0.3, -0.25) is 0 Å². The molecule has 0 amide bonds. The molecule has 15 rings (SSSR count). The van der Waals surface area contributed by atoms with Gasteiger partial charge in [0.05, 0.1) is 22.4 Å². The molecule has 0 N–H and O–H groups in total. The first kappa shape index (κ1) is 34.8. The Bertz CT molecular complexity index is 3700. The second-order valence-corrected chi connectivity index (χ2v) is 18.7. The van der Waals surface area contributed by atoms with E-state index in [1.165, 1.54) is 110 Å². The van der Waals surface area contributed by atoms with Gasteiger partial charge in [-0.25, -0.2) is 0 Å². The Morgan fingerprint density at radius 2 is 0.781 bits per heavy atom. The van der Waals surface area contributed by atoms with Crippen molar-refractivity contribution < 1.29 is 9.47 Å². The third-order valence-electron chi connectivity index (χ3n) is 14.7. The van der Waals surface area contributed by atoms with Crippen LogP contribution in [0.25, 0.3) is 77.2 Å². The van der Waals surface area contributed by atoms with E-state index in [0.717, 1.165) is 45.3 Å². The van der Waals surface area contributed by atoms with Crippen molar-refractivity contribution in [3.05, 3.63) is 180 Å². The van der Waals surface area contributed by atoms with Crippen LogP contribution in [0.5, 0.6) is 23.0 Å². The fourth-order valence-electron chi connectivity index (χ4n) is 12.2. The normalized spacial score (nSPS) is 13.5. The summed E-state index contributed by atoms with van der Waals surface area (Å²) in [6.07, 6.45) is 0. The summed E-state index contributed by atoms with van der Waals surface area (Å²) in [7, 11) is 0. The maximum atomic E-state index is 7.64. The topological polar surface area (TPSA) is 28.3 Å². The molecule has 4 aliphatic heterocycles. The van der Waals surface area contributed by atoms with Gasteiger partial charge >= 0.3 is 0 Å². The fraction of sp³-hybridized carbons (Fsp3) is 0.0690. The Kier molecular flexibility index (Phi) is 6.57. The molecule has 64 heavy (non-hydrogen) atoms. The van der Waals surface area contributed by atoms with Gasteiger partial charge in [0.25, 0.3) is 13.4 Å². The zero-order valence-electron chi connectivity index (χ0n) is 35.9. The quantitative estimate of drug-likeness (QED) is 0.163. The average molecular weight is 817 g/mol. The van der Waals surface area contributed by atoms with Gasteiger partial charge in [-0.05, 0) is 120 Å². The van der Waals surface area contributed by atoms with Gasteiger partial charge < -0.3 is 18.6 Å². The molecule has 9 aromatic carbocycles. The van der Waals surface area contributed by atoms with Crippen molar-refractivity contribution in [2.24, 2.45) is 0 Å². The molecule has 0 aliphatic carbocycles. The van der Waals surface area contributed by atoms with Crippen molar-refractivity contribution >= 4 is 89.8 Å². The highest BCUT2D eigenvalue weighted by molar-refractivity contribution is 7.02. The SMILES string of the molecule is Cc1ccc2c(c1)c1cc(C)cc3c1n2-c1c2c4c(c5c1B3c1cc(-c3ccccc3)ccc1O5)-n1c3ccc(C)cc3c3cc(C)cc(c31)B4c1cc(-c3ccccc3)ccc1O2. The third-order valence-corrected chi connectivity index (χ3v) is 14.7. The molecular formula is C58H38B2N2O2. The molecule has 6 heterocycles. The van der Waals surface area contributed by atoms with E-state index < -0.39 is 0 Å². The van der Waals surface area contributed by atoms with Gasteiger partial charge in [0.1, 0.15) is 23.0 Å². The molecule has 2 aromatic heterocycles. The largest absolute Gasteiger partial charge is 0.456 e. The molecule has 298 valence electrons. The van der Waals surface area contributed by atoms with Crippen molar-refractivity contribution in [1.82, 2.24) is 9.13 Å². The van der Waals surface area contributed by atoms with Crippen LogP contribution in [0.15, 0.2) is 158 Å². The molecule has 0 atom stereocenters. The van der Waals surface area contributed by atoms with Crippen LogP contribution in [-0.2, 0) is 0 Å². The highest BCUT2D eigenvalue weighted by Gasteiger charge is 2.50. The van der Waals surface area contributed by atoms with Crippen LogP contribution >= 0.6 is 0 Å². The van der Waals surface area contributed by atoms with Gasteiger partial charge in [-0.15, -0.1) is 0 Å². The van der Waals surface area contributed by atoms with E-state index in [2.05, 4.69) is 195 Å². The van der Waals surface area contributed by atoms with Crippen molar-refractivity contribution in [1.29, 1.82) is 0 Å². The summed E-state index contributed by atoms with van der Waals surface area (Å²) in [5.74, 6) is 3.62. The Hall–Kier alpha value is -7.69. The molecule has 11 aromatic rings. The predicted molar refractivity (Wildman–Crippen MR) is 267 cm³/mol. The zero-order valence-corrected chi connectivity index (χ0v) is 35.9. The second kappa shape index (κ2) is 12.1. The van der Waals surface area contributed by atoms with Crippen molar-refractivity contribution in [3.63, 3.8) is 0 Å². The highest BCUT2D eigenvalue weighted by atomic mass is 16.5. The number of aromatic nitrogens is 2. The number of benzene rings is 9. The lowest BCUT2D eigenvalue weighted by atomic mass is 9.31. The van der Waals surface area contributed by atoms with Crippen molar-refractivity contribution in [3.8, 4) is 56.6 Å². The molecule has 0 saturated carbocycles. The lowest BCUT2D eigenvalue weighted by Crippen LogP contribution is -2.63. The summed E-state index contributed by atoms with van der Waals surface area (Å²) in [4.78, 5) is 0. The minimum Gasteiger partial charge on any atom is -0.456 e. The predicted octanol–water partition coefficient (Wildman–Crippen LogP) is 10.3. The molecular weight excluding hydrogens is 778 g/mol. The molecule has 0 radical (unpaired) electrons. The van der Waals surface area contributed by atoms with E-state index >= 15 is 0 Å². The summed E-state index contributed by atoms with van der Waals surface area (Å²) in [5, 5.41) is 5.05. The van der Waals surface area contributed by atoms with Gasteiger partial charge in [-0.1, -0.05) is 131 Å². The Morgan fingerprint density at radius 1 is 0.359 bits per heavy atom. The molecule has 0 saturated heterocycles. The smallest absolute Gasteiger partial charge is 0.256 e. The third kappa shape index (κ3) is 4.35. The first-order chi connectivity index (χ1) is 31.4. The number of nitrogens with zero attached hydrogens (tertiary/aromatic N) is 2. The van der Waals surface area contributed by atoms with E-state index in [0.29, 0.717) is 0 Å². The summed E-state index contributed by atoms with van der Waals surface area (Å²) >= 11 is 0. The summed E-state index contributed by atoms with van der Waals surface area (Å²) < 4.78 is 20.4. The first-order valence-corrected chi connectivity index (χ1v) is 22.5. The van der Waals surface area contributed by atoms with Crippen LogP contribution in [0.4, 0.5) is 0 Å². The lowest BCUT2D eigenvalue weighted by molar-refractivity contribution is 0.472. The van der Waals surface area contributed by atoms with Gasteiger partial charge in [-0.2, -0.15) is 0 Å². The van der Waals surface area contributed by atoms with Crippen LogP contribution in [0.1, 0.15) is 22.3 Å². The maximum absolute atomic E-state index is 7.64.